The minimum atomic E-state index is -1.06. The van der Waals surface area contributed by atoms with Crippen LogP contribution in [0.5, 0.6) is 0 Å². The van der Waals surface area contributed by atoms with E-state index in [-0.39, 0.29) is 0 Å². The standard InChI is InChI=1S/C4H10N2O/c1-4(5,7)6-2-3-6/h7H,2-3,5H2,1H3. The van der Waals surface area contributed by atoms with E-state index in [1.165, 1.54) is 0 Å². The molecule has 1 heterocycles. The first-order valence-corrected chi connectivity index (χ1v) is 2.37. The molecule has 3 N–H and O–H groups in total. The second-order valence-electron chi connectivity index (χ2n) is 2.08. The van der Waals surface area contributed by atoms with Crippen LogP contribution >= 0.6 is 0 Å². The minimum Gasteiger partial charge on any atom is -0.363 e. The summed E-state index contributed by atoms with van der Waals surface area (Å²) in [5, 5.41) is 8.86. The van der Waals surface area contributed by atoms with Crippen LogP contribution in [0.1, 0.15) is 6.92 Å². The zero-order valence-corrected chi connectivity index (χ0v) is 4.39. The van der Waals surface area contributed by atoms with Crippen molar-refractivity contribution in [3.05, 3.63) is 0 Å². The molecular weight excluding hydrogens is 92.1 g/mol. The molecule has 0 aromatic rings. The molecule has 1 rings (SSSR count). The van der Waals surface area contributed by atoms with Crippen LogP contribution in [0.2, 0.25) is 0 Å². The van der Waals surface area contributed by atoms with Crippen LogP contribution < -0.4 is 5.73 Å². The molecular formula is C4H10N2O. The lowest BCUT2D eigenvalue weighted by atomic mass is 10.5. The van der Waals surface area contributed by atoms with E-state index in [9.17, 15) is 0 Å². The quantitative estimate of drug-likeness (QED) is 0.327. The van der Waals surface area contributed by atoms with E-state index in [4.69, 9.17) is 10.8 Å². The van der Waals surface area contributed by atoms with Gasteiger partial charge in [-0.15, -0.1) is 0 Å². The molecule has 0 amide bonds. The molecule has 42 valence electrons. The Morgan fingerprint density at radius 2 is 2.14 bits per heavy atom. The van der Waals surface area contributed by atoms with Gasteiger partial charge in [-0.3, -0.25) is 10.6 Å². The highest BCUT2D eigenvalue weighted by Crippen LogP contribution is 2.12. The number of aliphatic hydroxyl groups is 1. The number of rotatable bonds is 1. The molecule has 3 heteroatoms. The second-order valence-corrected chi connectivity index (χ2v) is 2.08. The summed E-state index contributed by atoms with van der Waals surface area (Å²) in [5.74, 6) is -1.06. The van der Waals surface area contributed by atoms with Gasteiger partial charge in [0.15, 0.2) is 5.85 Å². The zero-order chi connectivity index (χ0) is 5.49. The fraction of sp³-hybridized carbons (Fsp3) is 1.00. The summed E-state index contributed by atoms with van der Waals surface area (Å²) >= 11 is 0. The molecule has 7 heavy (non-hydrogen) atoms. The van der Waals surface area contributed by atoms with Crippen molar-refractivity contribution in [1.29, 1.82) is 0 Å². The Morgan fingerprint density at radius 3 is 2.14 bits per heavy atom. The van der Waals surface area contributed by atoms with Gasteiger partial charge in [0.05, 0.1) is 0 Å². The maximum Gasteiger partial charge on any atom is 0.168 e. The van der Waals surface area contributed by atoms with E-state index < -0.39 is 5.85 Å². The van der Waals surface area contributed by atoms with Crippen molar-refractivity contribution >= 4 is 0 Å². The van der Waals surface area contributed by atoms with E-state index in [0.717, 1.165) is 13.1 Å². The second kappa shape index (κ2) is 1.18. The van der Waals surface area contributed by atoms with Crippen LogP contribution in [0.4, 0.5) is 0 Å². The molecule has 0 radical (unpaired) electrons. The van der Waals surface area contributed by atoms with Gasteiger partial charge >= 0.3 is 0 Å². The van der Waals surface area contributed by atoms with Crippen molar-refractivity contribution in [1.82, 2.24) is 4.90 Å². The molecule has 1 unspecified atom stereocenters. The molecule has 0 aromatic carbocycles. The third-order valence-electron chi connectivity index (χ3n) is 1.09. The van der Waals surface area contributed by atoms with Gasteiger partial charge < -0.3 is 5.11 Å². The third-order valence-corrected chi connectivity index (χ3v) is 1.09. The van der Waals surface area contributed by atoms with Crippen molar-refractivity contribution in [2.45, 2.75) is 12.8 Å². The minimum absolute atomic E-state index is 0.934. The highest BCUT2D eigenvalue weighted by molar-refractivity contribution is 4.79. The summed E-state index contributed by atoms with van der Waals surface area (Å²) in [6.07, 6.45) is 0. The van der Waals surface area contributed by atoms with E-state index in [0.29, 0.717) is 0 Å². The molecule has 1 fully saturated rings. The van der Waals surface area contributed by atoms with Crippen LogP contribution in [0, 0.1) is 0 Å². The first kappa shape index (κ1) is 5.03. The van der Waals surface area contributed by atoms with Gasteiger partial charge in [-0.05, 0) is 6.92 Å². The van der Waals surface area contributed by atoms with Gasteiger partial charge in [0.25, 0.3) is 0 Å². The van der Waals surface area contributed by atoms with E-state index in [2.05, 4.69) is 0 Å². The summed E-state index contributed by atoms with van der Waals surface area (Å²) in [4.78, 5) is 1.77. The molecule has 0 spiro atoms. The Hall–Kier alpha value is -0.120. The molecule has 3 nitrogen and oxygen atoms in total. The van der Waals surface area contributed by atoms with Crippen LogP contribution in [-0.2, 0) is 0 Å². The smallest absolute Gasteiger partial charge is 0.168 e. The lowest BCUT2D eigenvalue weighted by Crippen LogP contribution is -2.43. The van der Waals surface area contributed by atoms with Gasteiger partial charge in [0, 0.05) is 13.1 Å². The Kier molecular flexibility index (Phi) is 0.849. The summed E-state index contributed by atoms with van der Waals surface area (Å²) < 4.78 is 0. The maximum atomic E-state index is 8.86. The first-order chi connectivity index (χ1) is 3.11. The molecule has 1 saturated heterocycles. The average molecular weight is 102 g/mol. The lowest BCUT2D eigenvalue weighted by Gasteiger charge is -2.16. The van der Waals surface area contributed by atoms with Crippen LogP contribution in [0.3, 0.4) is 0 Å². The van der Waals surface area contributed by atoms with Gasteiger partial charge in [-0.1, -0.05) is 0 Å². The molecule has 1 aliphatic heterocycles. The van der Waals surface area contributed by atoms with E-state index >= 15 is 0 Å². The van der Waals surface area contributed by atoms with Gasteiger partial charge in [-0.2, -0.15) is 0 Å². The van der Waals surface area contributed by atoms with Crippen LogP contribution in [-0.4, -0.2) is 28.9 Å². The Labute approximate surface area is 42.7 Å². The highest BCUT2D eigenvalue weighted by atomic mass is 16.3. The third kappa shape index (κ3) is 1.12. The predicted octanol–water partition coefficient (Wildman–Crippen LogP) is -1.07. The van der Waals surface area contributed by atoms with E-state index in [1.807, 2.05) is 0 Å². The highest BCUT2D eigenvalue weighted by Gasteiger charge is 2.32. The van der Waals surface area contributed by atoms with E-state index in [1.54, 1.807) is 11.8 Å². The van der Waals surface area contributed by atoms with Crippen LogP contribution in [0.25, 0.3) is 0 Å². The fourth-order valence-electron chi connectivity index (χ4n) is 0.503. The van der Waals surface area contributed by atoms with Gasteiger partial charge in [0.2, 0.25) is 0 Å². The largest absolute Gasteiger partial charge is 0.363 e. The summed E-state index contributed by atoms with van der Waals surface area (Å²) in [5.41, 5.74) is 5.22. The maximum absolute atomic E-state index is 8.86. The predicted molar refractivity (Wildman–Crippen MR) is 26.4 cm³/mol. The van der Waals surface area contributed by atoms with Crippen molar-refractivity contribution in [2.24, 2.45) is 5.73 Å². The molecule has 0 aromatic heterocycles. The number of nitrogens with two attached hydrogens (primary N) is 1. The monoisotopic (exact) mass is 102 g/mol. The SMILES string of the molecule is CC(N)(O)N1CC1. The Morgan fingerprint density at radius 1 is 1.71 bits per heavy atom. The van der Waals surface area contributed by atoms with Crippen LogP contribution in [0.15, 0.2) is 0 Å². The molecule has 1 aliphatic rings. The first-order valence-electron chi connectivity index (χ1n) is 2.37. The van der Waals surface area contributed by atoms with Crippen molar-refractivity contribution in [3.8, 4) is 0 Å². The molecule has 0 saturated carbocycles. The average Bonchev–Trinajstić information content (AvgIpc) is 1.99. The molecule has 0 bridgehead atoms. The summed E-state index contributed by atoms with van der Waals surface area (Å²) in [6, 6.07) is 0. The summed E-state index contributed by atoms with van der Waals surface area (Å²) in [6.45, 7) is 3.45. The Balaban J connectivity index is 2.36. The fourth-order valence-corrected chi connectivity index (χ4v) is 0.503. The summed E-state index contributed by atoms with van der Waals surface area (Å²) in [7, 11) is 0. The molecule has 1 atom stereocenters. The zero-order valence-electron chi connectivity index (χ0n) is 4.39. The topological polar surface area (TPSA) is 49.3 Å². The van der Waals surface area contributed by atoms with Crippen molar-refractivity contribution < 1.29 is 5.11 Å². The Bertz CT molecular complexity index is 72.2. The number of nitrogens with zero attached hydrogens (tertiary/aromatic N) is 1. The lowest BCUT2D eigenvalue weighted by molar-refractivity contribution is -0.0249. The van der Waals surface area contributed by atoms with Gasteiger partial charge in [0.1, 0.15) is 0 Å². The van der Waals surface area contributed by atoms with Crippen molar-refractivity contribution in [2.75, 3.05) is 13.1 Å². The number of hydrogen-bond donors (Lipinski definition) is 2. The normalized spacial score (nSPS) is 29.6. The van der Waals surface area contributed by atoms with Gasteiger partial charge in [-0.25, -0.2) is 0 Å². The molecule has 0 aliphatic carbocycles. The van der Waals surface area contributed by atoms with Crippen molar-refractivity contribution in [3.63, 3.8) is 0 Å². The number of hydrogen-bond acceptors (Lipinski definition) is 3.